The third-order valence-corrected chi connectivity index (χ3v) is 5.88. The molecule has 0 unspecified atom stereocenters. The lowest BCUT2D eigenvalue weighted by molar-refractivity contribution is -0.139. The van der Waals surface area contributed by atoms with Crippen molar-refractivity contribution in [2.24, 2.45) is 0 Å². The summed E-state index contributed by atoms with van der Waals surface area (Å²) in [6.45, 7) is 3.25. The van der Waals surface area contributed by atoms with Gasteiger partial charge in [-0.05, 0) is 37.5 Å². The molecular formula is C16H18N2O6P2S2. The van der Waals surface area contributed by atoms with Crippen LogP contribution in [0.15, 0.2) is 24.3 Å². The molecule has 12 heteroatoms. The zero-order chi connectivity index (χ0) is 21.7. The summed E-state index contributed by atoms with van der Waals surface area (Å²) in [7, 11) is 1.74. The Kier molecular flexibility index (Phi) is 13.2. The SMILES string of the molecule is CC(=O)CCN1C(=O)C=CC1=O.CC(=O)CCN1C(=O)C=CC1=O.S=PP=S. The zero-order valence-electron chi connectivity index (χ0n) is 15.2. The van der Waals surface area contributed by atoms with Gasteiger partial charge in [0.25, 0.3) is 23.6 Å². The van der Waals surface area contributed by atoms with Crippen LogP contribution < -0.4 is 0 Å². The van der Waals surface area contributed by atoms with Crippen LogP contribution in [0.1, 0.15) is 26.7 Å². The van der Waals surface area contributed by atoms with Gasteiger partial charge >= 0.3 is 0 Å². The van der Waals surface area contributed by atoms with Crippen LogP contribution in [0.5, 0.6) is 0 Å². The summed E-state index contributed by atoms with van der Waals surface area (Å²) < 4.78 is 0. The van der Waals surface area contributed by atoms with Crippen LogP contribution in [0.25, 0.3) is 0 Å². The Morgan fingerprint density at radius 1 is 0.714 bits per heavy atom. The Morgan fingerprint density at radius 2 is 0.964 bits per heavy atom. The molecule has 0 bridgehead atoms. The molecule has 0 aliphatic carbocycles. The first-order valence-electron chi connectivity index (χ1n) is 7.85. The standard InChI is InChI=1S/2C8H9NO3.P2S2/c2*1-6(10)4-5-9-7(11)2-3-8(9)12;3-1-2-4/h2*2-3H,4-5H2,1H3;. The maximum absolute atomic E-state index is 10.9. The average Bonchev–Trinajstić information content (AvgIpc) is 3.13. The Hall–Kier alpha value is -1.86. The molecule has 150 valence electrons. The molecule has 0 aromatic carbocycles. The van der Waals surface area contributed by atoms with Crippen LogP contribution in [-0.4, -0.2) is 58.1 Å². The minimum atomic E-state index is -0.332. The van der Waals surface area contributed by atoms with Gasteiger partial charge < -0.3 is 0 Å². The fourth-order valence-electron chi connectivity index (χ4n) is 1.84. The normalized spacial score (nSPS) is 14.9. The number of imide groups is 2. The second kappa shape index (κ2) is 14.2. The van der Waals surface area contributed by atoms with E-state index in [-0.39, 0.29) is 61.1 Å². The van der Waals surface area contributed by atoms with E-state index in [2.05, 4.69) is 23.6 Å². The minimum Gasteiger partial charge on any atom is -0.300 e. The molecule has 0 N–H and O–H groups in total. The first-order chi connectivity index (χ1) is 13.1. The number of nitrogens with zero attached hydrogens (tertiary/aromatic N) is 2. The number of amides is 4. The van der Waals surface area contributed by atoms with E-state index in [9.17, 15) is 28.8 Å². The minimum absolute atomic E-state index is 0.0255. The molecule has 2 aliphatic heterocycles. The molecule has 0 aromatic rings. The van der Waals surface area contributed by atoms with Gasteiger partial charge in [-0.1, -0.05) is 0 Å². The number of ketones is 2. The van der Waals surface area contributed by atoms with Crippen LogP contribution in [0.2, 0.25) is 0 Å². The largest absolute Gasteiger partial charge is 0.300 e. The highest BCUT2D eigenvalue weighted by molar-refractivity contribution is 8.40. The van der Waals surface area contributed by atoms with E-state index in [1.165, 1.54) is 38.2 Å². The van der Waals surface area contributed by atoms with Crippen molar-refractivity contribution in [2.45, 2.75) is 26.7 Å². The molecule has 0 saturated heterocycles. The van der Waals surface area contributed by atoms with Gasteiger partial charge in [0.05, 0.1) is 0 Å². The summed E-state index contributed by atoms with van der Waals surface area (Å²) in [6.07, 6.45) is 5.31. The highest BCUT2D eigenvalue weighted by Gasteiger charge is 2.23. The van der Waals surface area contributed by atoms with E-state index >= 15 is 0 Å². The topological polar surface area (TPSA) is 109 Å². The van der Waals surface area contributed by atoms with Crippen molar-refractivity contribution in [2.75, 3.05) is 13.1 Å². The smallest absolute Gasteiger partial charge is 0.253 e. The van der Waals surface area contributed by atoms with Crippen LogP contribution in [0.3, 0.4) is 0 Å². The van der Waals surface area contributed by atoms with Gasteiger partial charge in [0.2, 0.25) is 0 Å². The van der Waals surface area contributed by atoms with E-state index in [1.807, 2.05) is 0 Å². The summed E-state index contributed by atoms with van der Waals surface area (Å²) >= 11 is 8.82. The van der Waals surface area contributed by atoms with Gasteiger partial charge in [0.1, 0.15) is 11.6 Å². The van der Waals surface area contributed by atoms with Crippen molar-refractivity contribution < 1.29 is 28.8 Å². The molecule has 0 fully saturated rings. The molecule has 0 radical (unpaired) electrons. The Morgan fingerprint density at radius 3 is 1.14 bits per heavy atom. The Bertz CT molecular complexity index is 653. The highest BCUT2D eigenvalue weighted by atomic mass is 32.7. The molecule has 0 atom stereocenters. The van der Waals surface area contributed by atoms with Crippen molar-refractivity contribution >= 4 is 72.9 Å². The molecule has 2 rings (SSSR count). The number of carbonyl (C=O) groups excluding carboxylic acids is 6. The van der Waals surface area contributed by atoms with Gasteiger partial charge in [0.15, 0.2) is 0 Å². The van der Waals surface area contributed by atoms with Crippen LogP contribution in [-0.2, 0) is 52.4 Å². The lowest BCUT2D eigenvalue weighted by Gasteiger charge is -2.11. The third kappa shape index (κ3) is 10.5. The lowest BCUT2D eigenvalue weighted by Crippen LogP contribution is -2.31. The predicted octanol–water partition coefficient (Wildman–Crippen LogP) is 1.50. The Labute approximate surface area is 175 Å². The average molecular weight is 460 g/mol. The van der Waals surface area contributed by atoms with E-state index in [1.54, 1.807) is 0 Å². The summed E-state index contributed by atoms with van der Waals surface area (Å²) in [4.78, 5) is 66.8. The molecule has 0 spiro atoms. The molecule has 28 heavy (non-hydrogen) atoms. The zero-order valence-corrected chi connectivity index (χ0v) is 18.6. The lowest BCUT2D eigenvalue weighted by atomic mass is 10.3. The van der Waals surface area contributed by atoms with Crippen molar-refractivity contribution in [3.05, 3.63) is 24.3 Å². The van der Waals surface area contributed by atoms with Crippen molar-refractivity contribution in [1.29, 1.82) is 0 Å². The molecule has 2 aliphatic rings. The second-order valence-electron chi connectivity index (χ2n) is 5.39. The van der Waals surface area contributed by atoms with Crippen LogP contribution in [0, 0.1) is 0 Å². The van der Waals surface area contributed by atoms with Crippen molar-refractivity contribution in [3.63, 3.8) is 0 Å². The molecule has 4 amide bonds. The predicted molar refractivity (Wildman–Crippen MR) is 111 cm³/mol. The van der Waals surface area contributed by atoms with Gasteiger partial charge in [-0.2, -0.15) is 0 Å². The van der Waals surface area contributed by atoms with E-state index < -0.39 is 0 Å². The maximum Gasteiger partial charge on any atom is 0.253 e. The number of Topliss-reactive ketones (excluding diaryl/α,β-unsaturated/α-hetero) is 2. The van der Waals surface area contributed by atoms with E-state index in [0.717, 1.165) is 23.9 Å². The number of hydrogen-bond donors (Lipinski definition) is 0. The molecule has 0 aromatic heterocycles. The third-order valence-electron chi connectivity index (χ3n) is 3.21. The Balaban J connectivity index is 0.000000439. The van der Waals surface area contributed by atoms with Gasteiger partial charge in [-0.25, -0.2) is 0 Å². The van der Waals surface area contributed by atoms with Gasteiger partial charge in [-0.3, -0.25) is 38.6 Å². The summed E-state index contributed by atoms with van der Waals surface area (Å²) in [5.41, 5.74) is 0. The quantitative estimate of drug-likeness (QED) is 0.416. The van der Waals surface area contributed by atoms with Gasteiger partial charge in [-0.15, -0.1) is 0 Å². The first-order valence-corrected chi connectivity index (χ1v) is 12.4. The number of carbonyl (C=O) groups is 6. The summed E-state index contributed by atoms with van der Waals surface area (Å²) in [6, 6.07) is 0. The number of hydrogen-bond acceptors (Lipinski definition) is 8. The summed E-state index contributed by atoms with van der Waals surface area (Å²) in [5, 5.41) is 0. The molecule has 0 saturated carbocycles. The van der Waals surface area contributed by atoms with Crippen molar-refractivity contribution in [3.8, 4) is 0 Å². The summed E-state index contributed by atoms with van der Waals surface area (Å²) in [5.74, 6) is -1.38. The van der Waals surface area contributed by atoms with Crippen LogP contribution >= 0.6 is 14.1 Å². The highest BCUT2D eigenvalue weighted by Crippen LogP contribution is 2.10. The second-order valence-corrected chi connectivity index (χ2v) is 9.64. The maximum atomic E-state index is 10.9. The van der Waals surface area contributed by atoms with Crippen molar-refractivity contribution in [1.82, 2.24) is 9.80 Å². The van der Waals surface area contributed by atoms with E-state index in [0.29, 0.717) is 0 Å². The van der Waals surface area contributed by atoms with Gasteiger partial charge in [0, 0.05) is 64.3 Å². The molecule has 8 nitrogen and oxygen atoms in total. The fourth-order valence-corrected chi connectivity index (χ4v) is 1.84. The molecule has 2 heterocycles. The first kappa shape index (κ1) is 26.1. The van der Waals surface area contributed by atoms with Crippen LogP contribution in [0.4, 0.5) is 0 Å². The number of rotatable bonds is 7. The fraction of sp³-hybridized carbons (Fsp3) is 0.375. The molecular weight excluding hydrogens is 442 g/mol. The van der Waals surface area contributed by atoms with E-state index in [4.69, 9.17) is 0 Å². The monoisotopic (exact) mass is 460 g/mol.